The molecule has 0 saturated carbocycles. The van der Waals surface area contributed by atoms with E-state index in [4.69, 9.17) is 9.47 Å². The third-order valence-electron chi connectivity index (χ3n) is 4.85. The Morgan fingerprint density at radius 2 is 1.86 bits per heavy atom. The highest BCUT2D eigenvalue weighted by Gasteiger charge is 2.41. The third kappa shape index (κ3) is 5.43. The van der Waals surface area contributed by atoms with Crippen molar-refractivity contribution in [2.75, 3.05) is 46.9 Å². The van der Waals surface area contributed by atoms with Crippen molar-refractivity contribution in [3.63, 3.8) is 0 Å². The van der Waals surface area contributed by atoms with Gasteiger partial charge in [0, 0.05) is 38.3 Å². The van der Waals surface area contributed by atoms with Crippen LogP contribution < -0.4 is 14.8 Å². The quantitative estimate of drug-likeness (QED) is 0.586. The summed E-state index contributed by atoms with van der Waals surface area (Å²) in [6.07, 6.45) is -4.20. The first-order chi connectivity index (χ1) is 13.3. The summed E-state index contributed by atoms with van der Waals surface area (Å²) in [7, 11) is 3.16. The molecule has 28 heavy (non-hydrogen) atoms. The number of nitrogens with one attached hydrogen (secondary N) is 1. The molecule has 9 heteroatoms. The molecule has 0 amide bonds. The van der Waals surface area contributed by atoms with Crippen LogP contribution in [0.1, 0.15) is 19.4 Å². The van der Waals surface area contributed by atoms with E-state index in [1.807, 2.05) is 30.0 Å². The number of nitrogens with zero attached hydrogens (tertiary/aromatic N) is 3. The summed E-state index contributed by atoms with van der Waals surface area (Å²) in [6, 6.07) is 4.17. The number of methoxy groups -OCH3 is 2. The molecule has 0 aromatic heterocycles. The minimum atomic E-state index is -4.20. The summed E-state index contributed by atoms with van der Waals surface area (Å²) in [6.45, 7) is 5.88. The molecule has 1 aliphatic heterocycles. The van der Waals surface area contributed by atoms with Gasteiger partial charge in [0.15, 0.2) is 17.5 Å². The summed E-state index contributed by atoms with van der Waals surface area (Å²) in [4.78, 5) is 8.12. The van der Waals surface area contributed by atoms with Crippen LogP contribution in [0.15, 0.2) is 23.2 Å². The van der Waals surface area contributed by atoms with Gasteiger partial charge in [-0.25, -0.2) is 4.99 Å². The Balaban J connectivity index is 2.08. The van der Waals surface area contributed by atoms with Gasteiger partial charge in [0.25, 0.3) is 0 Å². The molecule has 158 valence electrons. The summed E-state index contributed by atoms with van der Waals surface area (Å²) >= 11 is 0. The molecule has 1 fully saturated rings. The number of hydrogen-bond acceptors (Lipinski definition) is 4. The molecule has 0 aliphatic carbocycles. The number of para-hydroxylation sites is 1. The number of rotatable bonds is 6. The van der Waals surface area contributed by atoms with Gasteiger partial charge >= 0.3 is 6.18 Å². The number of benzene rings is 1. The van der Waals surface area contributed by atoms with E-state index in [0.29, 0.717) is 56.7 Å². The molecule has 6 nitrogen and oxygen atoms in total. The van der Waals surface area contributed by atoms with Gasteiger partial charge in [-0.05, 0) is 19.9 Å². The summed E-state index contributed by atoms with van der Waals surface area (Å²) in [5.41, 5.74) is 0.876. The smallest absolute Gasteiger partial charge is 0.403 e. The molecule has 0 bridgehead atoms. The van der Waals surface area contributed by atoms with Gasteiger partial charge in [-0.15, -0.1) is 0 Å². The van der Waals surface area contributed by atoms with Gasteiger partial charge in [0.2, 0.25) is 0 Å². The highest BCUT2D eigenvalue weighted by atomic mass is 19.4. The fourth-order valence-corrected chi connectivity index (χ4v) is 3.19. The normalized spacial score (nSPS) is 17.4. The second kappa shape index (κ2) is 9.86. The molecular formula is C19H29F3N4O2. The van der Waals surface area contributed by atoms with Gasteiger partial charge in [-0.1, -0.05) is 12.1 Å². The molecule has 0 radical (unpaired) electrons. The van der Waals surface area contributed by atoms with Crippen LogP contribution in [0, 0.1) is 0 Å². The van der Waals surface area contributed by atoms with E-state index in [9.17, 15) is 13.2 Å². The second-order valence-corrected chi connectivity index (χ2v) is 6.56. The number of aliphatic imine (C=N–C) groups is 1. The van der Waals surface area contributed by atoms with E-state index in [1.54, 1.807) is 14.2 Å². The van der Waals surface area contributed by atoms with Crippen LogP contribution in [-0.2, 0) is 6.54 Å². The van der Waals surface area contributed by atoms with E-state index in [2.05, 4.69) is 10.3 Å². The van der Waals surface area contributed by atoms with Crippen molar-refractivity contribution >= 4 is 5.96 Å². The SMILES string of the molecule is CCNC(=NCc1cccc(OC)c1OC)N1CCN(C(C)C(F)(F)F)CC1. The average Bonchev–Trinajstić information content (AvgIpc) is 2.69. The largest absolute Gasteiger partial charge is 0.493 e. The summed E-state index contributed by atoms with van der Waals surface area (Å²) in [5, 5.41) is 3.23. The number of ether oxygens (including phenoxy) is 2. The highest BCUT2D eigenvalue weighted by Crippen LogP contribution is 2.31. The van der Waals surface area contributed by atoms with Crippen molar-refractivity contribution in [2.45, 2.75) is 32.6 Å². The maximum atomic E-state index is 12.9. The van der Waals surface area contributed by atoms with Gasteiger partial charge < -0.3 is 19.7 Å². The van der Waals surface area contributed by atoms with Crippen molar-refractivity contribution in [1.29, 1.82) is 0 Å². The van der Waals surface area contributed by atoms with E-state index < -0.39 is 12.2 Å². The lowest BCUT2D eigenvalue weighted by Gasteiger charge is -2.39. The molecule has 1 heterocycles. The van der Waals surface area contributed by atoms with E-state index >= 15 is 0 Å². The number of piperazine rings is 1. The van der Waals surface area contributed by atoms with Crippen LogP contribution in [0.4, 0.5) is 13.2 Å². The van der Waals surface area contributed by atoms with Gasteiger partial charge in [0.1, 0.15) is 6.04 Å². The first kappa shape index (κ1) is 22.1. The van der Waals surface area contributed by atoms with Gasteiger partial charge in [-0.2, -0.15) is 13.2 Å². The molecule has 2 rings (SSSR count). The van der Waals surface area contributed by atoms with E-state index in [0.717, 1.165) is 5.56 Å². The fourth-order valence-electron chi connectivity index (χ4n) is 3.19. The van der Waals surface area contributed by atoms with Gasteiger partial charge in [-0.3, -0.25) is 4.90 Å². The zero-order valence-electron chi connectivity index (χ0n) is 16.8. The minimum Gasteiger partial charge on any atom is -0.493 e. The maximum Gasteiger partial charge on any atom is 0.403 e. The molecule has 0 spiro atoms. The number of alkyl halides is 3. The minimum absolute atomic E-state index is 0.341. The summed E-state index contributed by atoms with van der Waals surface area (Å²) in [5.74, 6) is 1.95. The lowest BCUT2D eigenvalue weighted by molar-refractivity contribution is -0.181. The molecule has 1 N–H and O–H groups in total. The highest BCUT2D eigenvalue weighted by molar-refractivity contribution is 5.80. The van der Waals surface area contributed by atoms with E-state index in [1.165, 1.54) is 11.8 Å². The Morgan fingerprint density at radius 1 is 1.18 bits per heavy atom. The van der Waals surface area contributed by atoms with Gasteiger partial charge in [0.05, 0.1) is 20.8 Å². The molecule has 1 saturated heterocycles. The Kier molecular flexibility index (Phi) is 7.79. The zero-order valence-corrected chi connectivity index (χ0v) is 16.8. The lowest BCUT2D eigenvalue weighted by atomic mass is 10.2. The molecular weight excluding hydrogens is 373 g/mol. The topological polar surface area (TPSA) is 49.3 Å². The lowest BCUT2D eigenvalue weighted by Crippen LogP contribution is -2.56. The molecule has 1 unspecified atom stereocenters. The standard InChI is InChI=1S/C19H29F3N4O2/c1-5-23-18(24-13-15-7-6-8-16(27-3)17(15)28-4)26-11-9-25(10-12-26)14(2)19(20,21)22/h6-8,14H,5,9-13H2,1-4H3,(H,23,24). The first-order valence-electron chi connectivity index (χ1n) is 9.35. The van der Waals surface area contributed by atoms with Crippen molar-refractivity contribution < 1.29 is 22.6 Å². The van der Waals surface area contributed by atoms with Crippen LogP contribution in [0.3, 0.4) is 0 Å². The van der Waals surface area contributed by atoms with Crippen LogP contribution >= 0.6 is 0 Å². The summed E-state index contributed by atoms with van der Waals surface area (Å²) < 4.78 is 49.6. The van der Waals surface area contributed by atoms with Crippen molar-refractivity contribution in [3.8, 4) is 11.5 Å². The van der Waals surface area contributed by atoms with E-state index in [-0.39, 0.29) is 0 Å². The predicted molar refractivity (Wildman–Crippen MR) is 103 cm³/mol. The average molecular weight is 402 g/mol. The Bertz CT molecular complexity index is 659. The predicted octanol–water partition coefficient (Wildman–Crippen LogP) is 2.74. The Labute approximate surface area is 164 Å². The fraction of sp³-hybridized carbons (Fsp3) is 0.632. The van der Waals surface area contributed by atoms with Crippen LogP contribution in [0.2, 0.25) is 0 Å². The van der Waals surface area contributed by atoms with Crippen LogP contribution in [0.25, 0.3) is 0 Å². The number of guanidine groups is 1. The number of hydrogen-bond donors (Lipinski definition) is 1. The zero-order chi connectivity index (χ0) is 20.7. The first-order valence-corrected chi connectivity index (χ1v) is 9.35. The van der Waals surface area contributed by atoms with Crippen LogP contribution in [-0.4, -0.2) is 74.9 Å². The van der Waals surface area contributed by atoms with Crippen molar-refractivity contribution in [3.05, 3.63) is 23.8 Å². The van der Waals surface area contributed by atoms with Crippen molar-refractivity contribution in [1.82, 2.24) is 15.1 Å². The molecule has 1 aromatic carbocycles. The van der Waals surface area contributed by atoms with Crippen LogP contribution in [0.5, 0.6) is 11.5 Å². The Hall–Kier alpha value is -2.16. The molecule has 1 atom stereocenters. The van der Waals surface area contributed by atoms with Crippen molar-refractivity contribution in [2.24, 2.45) is 4.99 Å². The molecule has 1 aromatic rings. The molecule has 1 aliphatic rings. The second-order valence-electron chi connectivity index (χ2n) is 6.56. The number of halogens is 3. The Morgan fingerprint density at radius 3 is 2.39 bits per heavy atom. The maximum absolute atomic E-state index is 12.9. The monoisotopic (exact) mass is 402 g/mol. The third-order valence-corrected chi connectivity index (χ3v) is 4.85.